The number of nitrogens with zero attached hydrogens (tertiary/aromatic N) is 2. The number of fused-ring (bicyclic) bond motifs is 1. The van der Waals surface area contributed by atoms with Crippen LogP contribution in [0.5, 0.6) is 5.75 Å². The van der Waals surface area contributed by atoms with Crippen LogP contribution in [-0.2, 0) is 5.88 Å². The fourth-order valence-electron chi connectivity index (χ4n) is 3.99. The Labute approximate surface area is 153 Å². The van der Waals surface area contributed by atoms with Crippen LogP contribution in [0.3, 0.4) is 0 Å². The van der Waals surface area contributed by atoms with E-state index in [0.717, 1.165) is 49.7 Å². The molecule has 3 unspecified atom stereocenters. The maximum atomic E-state index is 6.01. The van der Waals surface area contributed by atoms with Gasteiger partial charge in [0.05, 0.1) is 12.6 Å². The molecule has 1 aromatic heterocycles. The second kappa shape index (κ2) is 7.77. The minimum atomic E-state index is 0.275. The van der Waals surface area contributed by atoms with Crippen molar-refractivity contribution in [1.29, 1.82) is 0 Å². The molecule has 2 aromatic rings. The summed E-state index contributed by atoms with van der Waals surface area (Å²) in [6.45, 7) is 3.92. The molecule has 134 valence electrons. The number of benzene rings is 1. The molecule has 4 rings (SSSR count). The number of rotatable bonds is 5. The number of piperidine rings is 1. The predicted octanol–water partition coefficient (Wildman–Crippen LogP) is 3.22. The molecule has 0 amide bonds. The number of halogens is 1. The Balaban J connectivity index is 1.33. The maximum absolute atomic E-state index is 6.01. The molecule has 1 N–H and O–H groups in total. The van der Waals surface area contributed by atoms with E-state index >= 15 is 0 Å². The summed E-state index contributed by atoms with van der Waals surface area (Å²) in [5.41, 5.74) is 2.14. The van der Waals surface area contributed by atoms with Crippen molar-refractivity contribution in [1.82, 2.24) is 15.4 Å². The Kier molecular flexibility index (Phi) is 5.25. The molecule has 0 saturated carbocycles. The van der Waals surface area contributed by atoms with Crippen molar-refractivity contribution in [2.45, 2.75) is 30.8 Å². The predicted molar refractivity (Wildman–Crippen MR) is 96.8 cm³/mol. The monoisotopic (exact) mass is 361 g/mol. The number of nitrogens with one attached hydrogen (secondary N) is 1. The van der Waals surface area contributed by atoms with Gasteiger partial charge in [-0.1, -0.05) is 17.3 Å². The highest BCUT2D eigenvalue weighted by atomic mass is 35.5. The molecule has 2 aliphatic rings. The summed E-state index contributed by atoms with van der Waals surface area (Å²) >= 11 is 5.83. The van der Waals surface area contributed by atoms with Crippen molar-refractivity contribution >= 4 is 11.6 Å². The van der Waals surface area contributed by atoms with Crippen LogP contribution in [0, 0.1) is 5.92 Å². The SMILES string of the molecule is ClCc1ccc(OCC2CCC3C(c4ccon4)NCCN3C2)cc1. The average molecular weight is 362 g/mol. The van der Waals surface area contributed by atoms with Crippen LogP contribution in [0.1, 0.15) is 30.1 Å². The van der Waals surface area contributed by atoms with Crippen molar-refractivity contribution in [3.8, 4) is 5.75 Å². The van der Waals surface area contributed by atoms with Crippen LogP contribution >= 0.6 is 11.6 Å². The molecular formula is C19H24ClN3O2. The minimum Gasteiger partial charge on any atom is -0.493 e. The zero-order valence-corrected chi connectivity index (χ0v) is 15.0. The summed E-state index contributed by atoms with van der Waals surface area (Å²) in [5, 5.41) is 7.74. The van der Waals surface area contributed by atoms with Gasteiger partial charge in [0.25, 0.3) is 0 Å². The van der Waals surface area contributed by atoms with E-state index in [2.05, 4.69) is 15.4 Å². The van der Waals surface area contributed by atoms with Gasteiger partial charge in [-0.15, -0.1) is 11.6 Å². The topological polar surface area (TPSA) is 50.5 Å². The molecule has 25 heavy (non-hydrogen) atoms. The van der Waals surface area contributed by atoms with Crippen LogP contribution in [0.15, 0.2) is 41.1 Å². The van der Waals surface area contributed by atoms with Gasteiger partial charge in [0.15, 0.2) is 0 Å². The van der Waals surface area contributed by atoms with Gasteiger partial charge >= 0.3 is 0 Å². The first kappa shape index (κ1) is 16.9. The van der Waals surface area contributed by atoms with Crippen molar-refractivity contribution in [2.24, 2.45) is 5.92 Å². The Morgan fingerprint density at radius 2 is 2.12 bits per heavy atom. The number of ether oxygens (including phenoxy) is 1. The Morgan fingerprint density at radius 1 is 1.24 bits per heavy atom. The van der Waals surface area contributed by atoms with Gasteiger partial charge in [0.2, 0.25) is 0 Å². The Bertz CT molecular complexity index is 662. The standard InChI is InChI=1S/C19H24ClN3O2/c20-11-14-1-4-16(5-2-14)24-13-15-3-6-18-19(17-7-10-25-22-17)21-8-9-23(18)12-15/h1-2,4-5,7,10,15,18-19,21H,3,6,8-9,11-13H2. The number of hydrogen-bond acceptors (Lipinski definition) is 5. The molecule has 0 aliphatic carbocycles. The largest absolute Gasteiger partial charge is 0.493 e. The number of alkyl halides is 1. The van der Waals surface area contributed by atoms with Crippen LogP contribution in [0.4, 0.5) is 0 Å². The zero-order chi connectivity index (χ0) is 17.1. The third-order valence-electron chi connectivity index (χ3n) is 5.32. The van der Waals surface area contributed by atoms with Crippen molar-refractivity contribution in [3.63, 3.8) is 0 Å². The molecular weight excluding hydrogens is 338 g/mol. The second-order valence-electron chi connectivity index (χ2n) is 6.95. The second-order valence-corrected chi connectivity index (χ2v) is 7.22. The van der Waals surface area contributed by atoms with E-state index in [1.807, 2.05) is 30.3 Å². The molecule has 0 spiro atoms. The average Bonchev–Trinajstić information content (AvgIpc) is 3.20. The summed E-state index contributed by atoms with van der Waals surface area (Å²) in [6.07, 6.45) is 3.99. The lowest BCUT2D eigenvalue weighted by Crippen LogP contribution is -2.57. The fourth-order valence-corrected chi connectivity index (χ4v) is 4.17. The highest BCUT2D eigenvalue weighted by molar-refractivity contribution is 6.17. The molecule has 2 saturated heterocycles. The molecule has 6 heteroatoms. The van der Waals surface area contributed by atoms with Crippen molar-refractivity contribution in [2.75, 3.05) is 26.2 Å². The fraction of sp³-hybridized carbons (Fsp3) is 0.526. The van der Waals surface area contributed by atoms with Crippen molar-refractivity contribution in [3.05, 3.63) is 47.9 Å². The van der Waals surface area contributed by atoms with Crippen LogP contribution in [-0.4, -0.2) is 42.3 Å². The van der Waals surface area contributed by atoms with E-state index in [4.69, 9.17) is 20.9 Å². The van der Waals surface area contributed by atoms with Crippen LogP contribution in [0.2, 0.25) is 0 Å². The summed E-state index contributed by atoms with van der Waals surface area (Å²) in [4.78, 5) is 2.59. The summed E-state index contributed by atoms with van der Waals surface area (Å²) in [5.74, 6) is 2.04. The Morgan fingerprint density at radius 3 is 2.88 bits per heavy atom. The van der Waals surface area contributed by atoms with Gasteiger partial charge in [-0.3, -0.25) is 4.90 Å². The molecule has 3 atom stereocenters. The van der Waals surface area contributed by atoms with Gasteiger partial charge < -0.3 is 14.6 Å². The van der Waals surface area contributed by atoms with Gasteiger partial charge in [-0.25, -0.2) is 0 Å². The van der Waals surface area contributed by atoms with Crippen molar-refractivity contribution < 1.29 is 9.26 Å². The zero-order valence-electron chi connectivity index (χ0n) is 14.2. The number of aromatic nitrogens is 1. The van der Waals surface area contributed by atoms with Crippen LogP contribution < -0.4 is 10.1 Å². The third-order valence-corrected chi connectivity index (χ3v) is 5.63. The first-order chi connectivity index (χ1) is 12.3. The molecule has 2 fully saturated rings. The smallest absolute Gasteiger partial charge is 0.124 e. The van der Waals surface area contributed by atoms with E-state index in [-0.39, 0.29) is 6.04 Å². The number of hydrogen-bond donors (Lipinski definition) is 1. The summed E-state index contributed by atoms with van der Waals surface area (Å²) in [7, 11) is 0. The molecule has 5 nitrogen and oxygen atoms in total. The molecule has 2 aliphatic heterocycles. The lowest BCUT2D eigenvalue weighted by Gasteiger charge is -2.46. The minimum absolute atomic E-state index is 0.275. The molecule has 0 radical (unpaired) electrons. The van der Waals surface area contributed by atoms with E-state index in [1.54, 1.807) is 6.26 Å². The highest BCUT2D eigenvalue weighted by Gasteiger charge is 2.37. The first-order valence-electron chi connectivity index (χ1n) is 8.99. The lowest BCUT2D eigenvalue weighted by molar-refractivity contribution is 0.0374. The molecule has 3 heterocycles. The van der Waals surface area contributed by atoms with Gasteiger partial charge in [-0.2, -0.15) is 0 Å². The summed E-state index contributed by atoms with van der Waals surface area (Å²) in [6, 6.07) is 10.8. The third kappa shape index (κ3) is 3.84. The normalized spacial score (nSPS) is 27.0. The van der Waals surface area contributed by atoms with E-state index in [1.165, 1.54) is 6.42 Å². The van der Waals surface area contributed by atoms with Gasteiger partial charge in [0.1, 0.15) is 17.7 Å². The molecule has 0 bridgehead atoms. The van der Waals surface area contributed by atoms with Gasteiger partial charge in [-0.05, 0) is 30.5 Å². The van der Waals surface area contributed by atoms with E-state index in [0.29, 0.717) is 17.8 Å². The molecule has 1 aromatic carbocycles. The number of piperazine rings is 1. The van der Waals surface area contributed by atoms with Crippen LogP contribution in [0.25, 0.3) is 0 Å². The Hall–Kier alpha value is -1.56. The van der Waals surface area contributed by atoms with Gasteiger partial charge in [0, 0.05) is 43.5 Å². The summed E-state index contributed by atoms with van der Waals surface area (Å²) < 4.78 is 11.0. The lowest BCUT2D eigenvalue weighted by atomic mass is 9.87. The maximum Gasteiger partial charge on any atom is 0.124 e. The van der Waals surface area contributed by atoms with E-state index in [9.17, 15) is 0 Å². The quantitative estimate of drug-likeness (QED) is 0.829. The highest BCUT2D eigenvalue weighted by Crippen LogP contribution is 2.32. The van der Waals surface area contributed by atoms with E-state index < -0.39 is 0 Å². The first-order valence-corrected chi connectivity index (χ1v) is 9.52.